The van der Waals surface area contributed by atoms with Gasteiger partial charge in [0.1, 0.15) is 11.6 Å². The van der Waals surface area contributed by atoms with Crippen LogP contribution in [0.3, 0.4) is 0 Å². The van der Waals surface area contributed by atoms with E-state index >= 15 is 0 Å². The molecule has 0 aliphatic carbocycles. The van der Waals surface area contributed by atoms with Gasteiger partial charge in [-0.25, -0.2) is 0 Å². The van der Waals surface area contributed by atoms with E-state index in [4.69, 9.17) is 10.5 Å². The SMILES string of the molecule is CCn1c2ccccc2c2cc(C3C(C#N)=C(N)Oc4n[nH]c(C)c43)ccc21. The minimum Gasteiger partial charge on any atom is -0.420 e. The molecule has 1 aliphatic heterocycles. The molecule has 3 heterocycles. The number of aromatic nitrogens is 3. The van der Waals surface area contributed by atoms with E-state index in [9.17, 15) is 5.26 Å². The van der Waals surface area contributed by atoms with Crippen molar-refractivity contribution in [3.05, 3.63) is 70.7 Å². The third-order valence-corrected chi connectivity index (χ3v) is 5.58. The molecule has 2 aromatic heterocycles. The predicted molar refractivity (Wildman–Crippen MR) is 108 cm³/mol. The number of allylic oxidation sites excluding steroid dienone is 1. The number of aryl methyl sites for hydroxylation is 2. The highest BCUT2D eigenvalue weighted by molar-refractivity contribution is 6.08. The summed E-state index contributed by atoms with van der Waals surface area (Å²) >= 11 is 0. The van der Waals surface area contributed by atoms with Crippen LogP contribution in [0.2, 0.25) is 0 Å². The van der Waals surface area contributed by atoms with Gasteiger partial charge < -0.3 is 15.0 Å². The van der Waals surface area contributed by atoms with Crippen molar-refractivity contribution >= 4 is 21.8 Å². The summed E-state index contributed by atoms with van der Waals surface area (Å²) in [4.78, 5) is 0. The van der Waals surface area contributed by atoms with Crippen molar-refractivity contribution in [3.8, 4) is 11.9 Å². The van der Waals surface area contributed by atoms with Gasteiger partial charge in [0.25, 0.3) is 0 Å². The molecule has 0 fully saturated rings. The summed E-state index contributed by atoms with van der Waals surface area (Å²) in [6.45, 7) is 4.97. The molecule has 2 aromatic carbocycles. The molecule has 5 rings (SSSR count). The highest BCUT2D eigenvalue weighted by Crippen LogP contribution is 2.43. The molecule has 138 valence electrons. The average molecular weight is 369 g/mol. The van der Waals surface area contributed by atoms with E-state index in [1.807, 2.05) is 6.92 Å². The summed E-state index contributed by atoms with van der Waals surface area (Å²) in [6, 6.07) is 17.0. The molecule has 1 unspecified atom stereocenters. The highest BCUT2D eigenvalue weighted by atomic mass is 16.5. The molecule has 1 aliphatic rings. The first-order chi connectivity index (χ1) is 13.6. The third kappa shape index (κ3) is 2.10. The van der Waals surface area contributed by atoms with Crippen LogP contribution in [0, 0.1) is 18.3 Å². The van der Waals surface area contributed by atoms with Gasteiger partial charge in [0.15, 0.2) is 0 Å². The number of rotatable bonds is 2. The van der Waals surface area contributed by atoms with Gasteiger partial charge in [-0.3, -0.25) is 5.10 Å². The first-order valence-electron chi connectivity index (χ1n) is 9.27. The van der Waals surface area contributed by atoms with Crippen molar-refractivity contribution in [2.45, 2.75) is 26.3 Å². The lowest BCUT2D eigenvalue weighted by Crippen LogP contribution is -2.21. The second-order valence-corrected chi connectivity index (χ2v) is 7.03. The Balaban J connectivity index is 1.81. The Morgan fingerprint density at radius 2 is 2.00 bits per heavy atom. The summed E-state index contributed by atoms with van der Waals surface area (Å²) in [5.41, 5.74) is 11.6. The largest absolute Gasteiger partial charge is 0.420 e. The normalized spacial score (nSPS) is 16.2. The van der Waals surface area contributed by atoms with Crippen LogP contribution in [0.15, 0.2) is 53.9 Å². The Hall–Kier alpha value is -3.72. The molecule has 0 saturated heterocycles. The quantitative estimate of drug-likeness (QED) is 0.557. The summed E-state index contributed by atoms with van der Waals surface area (Å²) in [7, 11) is 0. The molecule has 0 spiro atoms. The van der Waals surface area contributed by atoms with Crippen molar-refractivity contribution in [2.24, 2.45) is 5.73 Å². The number of benzene rings is 2. The number of fused-ring (bicyclic) bond motifs is 4. The molecule has 0 bridgehead atoms. The monoisotopic (exact) mass is 369 g/mol. The number of nitrogens with one attached hydrogen (secondary N) is 1. The number of hydrogen-bond acceptors (Lipinski definition) is 4. The fraction of sp³-hybridized carbons (Fsp3) is 0.182. The number of aromatic amines is 1. The molecule has 1 atom stereocenters. The molecule has 0 saturated carbocycles. The average Bonchev–Trinajstić information content (AvgIpc) is 3.24. The van der Waals surface area contributed by atoms with Crippen LogP contribution < -0.4 is 10.5 Å². The number of para-hydroxylation sites is 1. The molecular formula is C22H19N5O. The second kappa shape index (κ2) is 5.89. The maximum atomic E-state index is 9.77. The lowest BCUT2D eigenvalue weighted by molar-refractivity contribution is 0.379. The van der Waals surface area contributed by atoms with Crippen LogP contribution in [0.1, 0.15) is 29.7 Å². The van der Waals surface area contributed by atoms with Crippen LogP contribution in [-0.4, -0.2) is 14.8 Å². The Labute approximate surface area is 161 Å². The van der Waals surface area contributed by atoms with Crippen molar-refractivity contribution in [1.29, 1.82) is 5.26 Å². The van der Waals surface area contributed by atoms with E-state index in [-0.39, 0.29) is 11.8 Å². The van der Waals surface area contributed by atoms with Gasteiger partial charge in [-0.1, -0.05) is 24.3 Å². The number of hydrogen-bond donors (Lipinski definition) is 2. The van der Waals surface area contributed by atoms with Crippen molar-refractivity contribution in [2.75, 3.05) is 0 Å². The molecule has 6 heteroatoms. The van der Waals surface area contributed by atoms with Crippen LogP contribution in [0.5, 0.6) is 5.88 Å². The summed E-state index contributed by atoms with van der Waals surface area (Å²) in [5, 5.41) is 19.3. The van der Waals surface area contributed by atoms with Crippen LogP contribution >= 0.6 is 0 Å². The van der Waals surface area contributed by atoms with E-state index < -0.39 is 0 Å². The Kier molecular flexibility index (Phi) is 3.46. The molecular weight excluding hydrogens is 350 g/mol. The minimum absolute atomic E-state index is 0.114. The van der Waals surface area contributed by atoms with Gasteiger partial charge in [0.05, 0.1) is 5.92 Å². The zero-order valence-electron chi connectivity index (χ0n) is 15.7. The van der Waals surface area contributed by atoms with Crippen LogP contribution in [-0.2, 0) is 6.54 Å². The van der Waals surface area contributed by atoms with Crippen molar-refractivity contribution in [1.82, 2.24) is 14.8 Å². The lowest BCUT2D eigenvalue weighted by atomic mass is 9.83. The summed E-state index contributed by atoms with van der Waals surface area (Å²) in [6.07, 6.45) is 0. The smallest absolute Gasteiger partial charge is 0.244 e. The molecule has 28 heavy (non-hydrogen) atoms. The van der Waals surface area contributed by atoms with E-state index in [2.05, 4.69) is 70.2 Å². The predicted octanol–water partition coefficient (Wildman–Crippen LogP) is 4.06. The lowest BCUT2D eigenvalue weighted by Gasteiger charge is -2.23. The first-order valence-corrected chi connectivity index (χ1v) is 9.27. The number of nitriles is 1. The second-order valence-electron chi connectivity index (χ2n) is 7.03. The minimum atomic E-state index is -0.305. The number of ether oxygens (including phenoxy) is 1. The van der Waals surface area contributed by atoms with E-state index in [1.54, 1.807) is 0 Å². The Morgan fingerprint density at radius 3 is 2.79 bits per heavy atom. The van der Waals surface area contributed by atoms with Gasteiger partial charge in [-0.2, -0.15) is 5.26 Å². The molecule has 6 nitrogen and oxygen atoms in total. The zero-order chi connectivity index (χ0) is 19.4. The Morgan fingerprint density at radius 1 is 1.21 bits per heavy atom. The van der Waals surface area contributed by atoms with Gasteiger partial charge in [0.2, 0.25) is 11.8 Å². The van der Waals surface area contributed by atoms with E-state index in [1.165, 1.54) is 21.8 Å². The van der Waals surface area contributed by atoms with E-state index in [0.717, 1.165) is 23.4 Å². The molecule has 0 radical (unpaired) electrons. The zero-order valence-corrected chi connectivity index (χ0v) is 15.7. The molecule has 0 amide bonds. The third-order valence-electron chi connectivity index (χ3n) is 5.58. The molecule has 3 N–H and O–H groups in total. The fourth-order valence-corrected chi connectivity index (χ4v) is 4.32. The maximum absolute atomic E-state index is 9.77. The van der Waals surface area contributed by atoms with Gasteiger partial charge in [-0.05, 0) is 37.6 Å². The Bertz CT molecular complexity index is 1320. The fourth-order valence-electron chi connectivity index (χ4n) is 4.32. The number of nitrogens with zero attached hydrogens (tertiary/aromatic N) is 3. The van der Waals surface area contributed by atoms with Gasteiger partial charge in [0, 0.05) is 39.6 Å². The molecule has 4 aromatic rings. The first kappa shape index (κ1) is 16.5. The number of nitrogens with two attached hydrogens (primary N) is 1. The highest BCUT2D eigenvalue weighted by Gasteiger charge is 2.34. The van der Waals surface area contributed by atoms with Crippen LogP contribution in [0.25, 0.3) is 21.8 Å². The topological polar surface area (TPSA) is 92.7 Å². The summed E-state index contributed by atoms with van der Waals surface area (Å²) in [5.74, 6) is 0.248. The van der Waals surface area contributed by atoms with Crippen molar-refractivity contribution in [3.63, 3.8) is 0 Å². The van der Waals surface area contributed by atoms with Crippen LogP contribution in [0.4, 0.5) is 0 Å². The van der Waals surface area contributed by atoms with E-state index in [0.29, 0.717) is 11.5 Å². The maximum Gasteiger partial charge on any atom is 0.244 e. The van der Waals surface area contributed by atoms with Gasteiger partial charge in [-0.15, -0.1) is 5.10 Å². The standard InChI is InChI=1S/C22H19N5O/c1-3-27-17-7-5-4-6-14(17)15-10-13(8-9-18(15)27)20-16(11-23)21(24)28-22-19(20)12(2)25-26-22/h4-10,20H,3,24H2,1-2H3,(H,25,26). The van der Waals surface area contributed by atoms with Crippen molar-refractivity contribution < 1.29 is 4.74 Å². The number of H-pyrrole nitrogens is 1. The summed E-state index contributed by atoms with van der Waals surface area (Å²) < 4.78 is 7.88. The van der Waals surface area contributed by atoms with Gasteiger partial charge >= 0.3 is 0 Å².